The third-order valence-corrected chi connectivity index (χ3v) is 5.83. The van der Waals surface area contributed by atoms with E-state index in [1.165, 1.54) is 11.8 Å². The van der Waals surface area contributed by atoms with Crippen LogP contribution in [0.4, 0.5) is 0 Å². The van der Waals surface area contributed by atoms with Crippen molar-refractivity contribution in [3.8, 4) is 5.75 Å². The van der Waals surface area contributed by atoms with Crippen LogP contribution in [-0.4, -0.2) is 58.3 Å². The van der Waals surface area contributed by atoms with Crippen LogP contribution in [-0.2, 0) is 9.59 Å². The summed E-state index contributed by atoms with van der Waals surface area (Å²) in [4.78, 5) is 26.4. The van der Waals surface area contributed by atoms with Crippen LogP contribution in [0.15, 0.2) is 29.2 Å². The molecule has 1 aliphatic heterocycles. The minimum atomic E-state index is -0.856. The molecule has 7 heteroatoms. The second-order valence-electron chi connectivity index (χ2n) is 5.29. The summed E-state index contributed by atoms with van der Waals surface area (Å²) in [6, 6.07) is 7.37. The Kier molecular flexibility index (Phi) is 6.65. The number of carboxylic acids is 1. The van der Waals surface area contributed by atoms with Crippen molar-refractivity contribution in [2.75, 3.05) is 25.2 Å². The Labute approximate surface area is 144 Å². The summed E-state index contributed by atoms with van der Waals surface area (Å²) in [6.45, 7) is 2.49. The molecule has 0 aromatic heterocycles. The van der Waals surface area contributed by atoms with Gasteiger partial charge in [-0.2, -0.15) is 11.8 Å². The molecule has 0 bridgehead atoms. The van der Waals surface area contributed by atoms with Crippen LogP contribution in [0, 0.1) is 0 Å². The van der Waals surface area contributed by atoms with Gasteiger partial charge in [-0.25, -0.2) is 0 Å². The normalized spacial score (nSPS) is 19.2. The van der Waals surface area contributed by atoms with E-state index in [-0.39, 0.29) is 23.6 Å². The van der Waals surface area contributed by atoms with E-state index in [1.54, 1.807) is 23.8 Å². The van der Waals surface area contributed by atoms with Gasteiger partial charge in [-0.3, -0.25) is 9.59 Å². The lowest BCUT2D eigenvalue weighted by atomic mass is 10.2. The highest BCUT2D eigenvalue weighted by molar-refractivity contribution is 8.00. The quantitative estimate of drug-likeness (QED) is 0.791. The Balaban J connectivity index is 2.00. The molecule has 2 atom stereocenters. The van der Waals surface area contributed by atoms with Gasteiger partial charge in [-0.15, -0.1) is 11.8 Å². The molecule has 1 aromatic rings. The smallest absolute Gasteiger partial charge is 0.305 e. The van der Waals surface area contributed by atoms with Crippen molar-refractivity contribution in [3.05, 3.63) is 24.3 Å². The molecule has 0 saturated carbocycles. The number of carboxylic acid groups (broad SMARTS) is 1. The zero-order chi connectivity index (χ0) is 16.8. The Bertz CT molecular complexity index is 550. The van der Waals surface area contributed by atoms with E-state index in [0.717, 1.165) is 16.4 Å². The predicted molar refractivity (Wildman–Crippen MR) is 93.4 cm³/mol. The van der Waals surface area contributed by atoms with Crippen LogP contribution < -0.4 is 4.74 Å². The molecular weight excluding hydrogens is 334 g/mol. The molecule has 1 aliphatic rings. The molecular formula is C16H21NO4S2. The largest absolute Gasteiger partial charge is 0.497 e. The number of rotatable bonds is 6. The number of carbonyl (C=O) groups is 2. The lowest BCUT2D eigenvalue weighted by Crippen LogP contribution is -2.49. The van der Waals surface area contributed by atoms with Gasteiger partial charge in [0.05, 0.1) is 24.8 Å². The van der Waals surface area contributed by atoms with E-state index in [4.69, 9.17) is 9.84 Å². The highest BCUT2D eigenvalue weighted by atomic mass is 32.2. The number of methoxy groups -OCH3 is 1. The molecule has 0 radical (unpaired) electrons. The second kappa shape index (κ2) is 8.49. The summed E-state index contributed by atoms with van der Waals surface area (Å²) in [5.41, 5.74) is 0. The number of nitrogens with zero attached hydrogens (tertiary/aromatic N) is 1. The lowest BCUT2D eigenvalue weighted by molar-refractivity contribution is -0.140. The summed E-state index contributed by atoms with van der Waals surface area (Å²) in [6.07, 6.45) is 0.0126. The van der Waals surface area contributed by atoms with E-state index in [9.17, 15) is 9.59 Å². The van der Waals surface area contributed by atoms with Gasteiger partial charge in [-0.1, -0.05) is 0 Å². The monoisotopic (exact) mass is 355 g/mol. The van der Waals surface area contributed by atoms with Crippen LogP contribution >= 0.6 is 23.5 Å². The first-order chi connectivity index (χ1) is 11.0. The zero-order valence-corrected chi connectivity index (χ0v) is 14.9. The molecule has 0 spiro atoms. The molecule has 1 saturated heterocycles. The molecule has 1 fully saturated rings. The molecule has 2 rings (SSSR count). The van der Waals surface area contributed by atoms with Crippen molar-refractivity contribution < 1.29 is 19.4 Å². The topological polar surface area (TPSA) is 66.8 Å². The van der Waals surface area contributed by atoms with Crippen molar-refractivity contribution >= 4 is 35.4 Å². The molecule has 2 unspecified atom stereocenters. The second-order valence-corrected chi connectivity index (χ2v) is 7.86. The van der Waals surface area contributed by atoms with E-state index in [0.29, 0.717) is 12.3 Å². The minimum absolute atomic E-state index is 0.0115. The lowest BCUT2D eigenvalue weighted by Gasteiger charge is -2.36. The highest BCUT2D eigenvalue weighted by Gasteiger charge is 2.31. The molecule has 0 aliphatic carbocycles. The highest BCUT2D eigenvalue weighted by Crippen LogP contribution is 2.28. The number of amides is 1. The summed E-state index contributed by atoms with van der Waals surface area (Å²) in [5.74, 6) is 1.49. The fraction of sp³-hybridized carbons (Fsp3) is 0.500. The van der Waals surface area contributed by atoms with Crippen LogP contribution in [0.2, 0.25) is 0 Å². The molecule has 1 aromatic carbocycles. The fourth-order valence-corrected chi connectivity index (χ4v) is 4.46. The summed E-state index contributed by atoms with van der Waals surface area (Å²) in [5, 5.41) is 8.78. The molecule has 1 amide bonds. The molecule has 5 nitrogen and oxygen atoms in total. The maximum atomic E-state index is 12.7. The van der Waals surface area contributed by atoms with Crippen molar-refractivity contribution in [1.82, 2.24) is 4.90 Å². The van der Waals surface area contributed by atoms with E-state index in [2.05, 4.69) is 0 Å². The van der Waals surface area contributed by atoms with Crippen molar-refractivity contribution in [2.45, 2.75) is 29.5 Å². The number of ether oxygens (including phenoxy) is 1. The van der Waals surface area contributed by atoms with Gasteiger partial charge in [0, 0.05) is 22.9 Å². The standard InChI is InChI=1S/C16H21NO4S2/c1-11(23-14-5-3-13(21-2)4-6-14)16(20)17-7-8-22-10-12(17)9-15(18)19/h3-6,11-12H,7-10H2,1-2H3,(H,18,19). The zero-order valence-electron chi connectivity index (χ0n) is 13.2. The van der Waals surface area contributed by atoms with Gasteiger partial charge in [0.2, 0.25) is 5.91 Å². The molecule has 23 heavy (non-hydrogen) atoms. The fourth-order valence-electron chi connectivity index (χ4n) is 2.46. The Morgan fingerprint density at radius 1 is 1.43 bits per heavy atom. The molecule has 1 N–H and O–H groups in total. The number of carbonyl (C=O) groups excluding carboxylic acids is 1. The number of hydrogen-bond acceptors (Lipinski definition) is 5. The van der Waals surface area contributed by atoms with Crippen LogP contribution in [0.1, 0.15) is 13.3 Å². The van der Waals surface area contributed by atoms with Crippen LogP contribution in [0.3, 0.4) is 0 Å². The van der Waals surface area contributed by atoms with E-state index < -0.39 is 5.97 Å². The number of hydrogen-bond donors (Lipinski definition) is 1. The van der Waals surface area contributed by atoms with Gasteiger partial charge in [0.25, 0.3) is 0 Å². The van der Waals surface area contributed by atoms with Crippen molar-refractivity contribution in [1.29, 1.82) is 0 Å². The SMILES string of the molecule is COc1ccc(SC(C)C(=O)N2CCSCC2CC(=O)O)cc1. The average molecular weight is 355 g/mol. The van der Waals surface area contributed by atoms with Crippen LogP contribution in [0.25, 0.3) is 0 Å². The first kappa shape index (κ1) is 18.0. The van der Waals surface area contributed by atoms with Gasteiger partial charge < -0.3 is 14.7 Å². The predicted octanol–water partition coefficient (Wildman–Crippen LogP) is 2.59. The van der Waals surface area contributed by atoms with Gasteiger partial charge in [0.1, 0.15) is 5.75 Å². The average Bonchev–Trinajstić information content (AvgIpc) is 2.55. The Hall–Kier alpha value is -1.34. The van der Waals surface area contributed by atoms with E-state index in [1.807, 2.05) is 31.2 Å². The molecule has 126 valence electrons. The minimum Gasteiger partial charge on any atom is -0.497 e. The summed E-state index contributed by atoms with van der Waals surface area (Å²) < 4.78 is 5.13. The first-order valence-electron chi connectivity index (χ1n) is 7.42. The first-order valence-corrected chi connectivity index (χ1v) is 9.45. The Morgan fingerprint density at radius 2 is 2.13 bits per heavy atom. The Morgan fingerprint density at radius 3 is 2.74 bits per heavy atom. The van der Waals surface area contributed by atoms with Crippen LogP contribution in [0.5, 0.6) is 5.75 Å². The number of thioether (sulfide) groups is 2. The maximum absolute atomic E-state index is 12.7. The van der Waals surface area contributed by atoms with Gasteiger partial charge in [0.15, 0.2) is 0 Å². The third kappa shape index (κ3) is 5.07. The number of aliphatic carboxylic acids is 1. The van der Waals surface area contributed by atoms with Crippen molar-refractivity contribution in [2.24, 2.45) is 0 Å². The molecule has 1 heterocycles. The van der Waals surface area contributed by atoms with E-state index >= 15 is 0 Å². The van der Waals surface area contributed by atoms with Gasteiger partial charge >= 0.3 is 5.97 Å². The van der Waals surface area contributed by atoms with Crippen molar-refractivity contribution in [3.63, 3.8) is 0 Å². The van der Waals surface area contributed by atoms with Gasteiger partial charge in [-0.05, 0) is 31.2 Å². The third-order valence-electron chi connectivity index (χ3n) is 3.64. The summed E-state index contributed by atoms with van der Waals surface area (Å²) in [7, 11) is 1.62. The summed E-state index contributed by atoms with van der Waals surface area (Å²) >= 11 is 3.19. The number of benzene rings is 1. The maximum Gasteiger partial charge on any atom is 0.305 e.